The number of ether oxygens (including phenoxy) is 1. The van der Waals surface area contributed by atoms with Gasteiger partial charge in [-0.15, -0.1) is 0 Å². The summed E-state index contributed by atoms with van der Waals surface area (Å²) in [6.07, 6.45) is 0. The van der Waals surface area contributed by atoms with Gasteiger partial charge in [0.15, 0.2) is 10.7 Å². The smallest absolute Gasteiger partial charge is 0.257 e. The molecule has 8 heteroatoms. The Labute approximate surface area is 183 Å². The first kappa shape index (κ1) is 20.4. The summed E-state index contributed by atoms with van der Waals surface area (Å²) in [5, 5.41) is 16.0. The van der Waals surface area contributed by atoms with Crippen molar-refractivity contribution in [1.29, 1.82) is 0 Å². The molecule has 7 nitrogen and oxygen atoms in total. The van der Waals surface area contributed by atoms with Crippen molar-refractivity contribution < 1.29 is 19.1 Å². The molecular weight excluding hydrogens is 414 g/mol. The minimum atomic E-state index is -0.376. The molecule has 0 aliphatic rings. The third-order valence-corrected chi connectivity index (χ3v) is 4.79. The number of carbonyl (C=O) groups is 1. The molecule has 4 rings (SSSR count). The Kier molecular flexibility index (Phi) is 5.55. The summed E-state index contributed by atoms with van der Waals surface area (Å²) >= 11 is 5.21. The Morgan fingerprint density at radius 2 is 1.97 bits per heavy atom. The van der Waals surface area contributed by atoms with E-state index in [0.717, 1.165) is 5.56 Å². The number of aromatic nitrogens is 1. The van der Waals surface area contributed by atoms with Crippen molar-refractivity contribution in [2.24, 2.45) is 0 Å². The standard InChI is InChI=1S/C23H19N3O4S/c1-13-6-9-18-20(10-13)30-22(25-18)17-8-7-15(12-19(17)27)24-23(31)26-21(28)14-4-3-5-16(11-14)29-2/h3-12,27H,1-2H3,(H2,24,26,28,31). The highest BCUT2D eigenvalue weighted by Crippen LogP contribution is 2.33. The number of fused-ring (bicyclic) bond motifs is 1. The number of rotatable bonds is 4. The normalized spacial score (nSPS) is 10.6. The van der Waals surface area contributed by atoms with E-state index in [1.54, 1.807) is 36.4 Å². The molecule has 0 spiro atoms. The second kappa shape index (κ2) is 8.45. The van der Waals surface area contributed by atoms with Crippen LogP contribution in [0, 0.1) is 6.92 Å². The van der Waals surface area contributed by atoms with E-state index < -0.39 is 0 Å². The number of amides is 1. The molecular formula is C23H19N3O4S. The van der Waals surface area contributed by atoms with Crippen molar-refractivity contribution in [2.45, 2.75) is 6.92 Å². The molecule has 1 aromatic heterocycles. The van der Waals surface area contributed by atoms with E-state index >= 15 is 0 Å². The van der Waals surface area contributed by atoms with E-state index in [-0.39, 0.29) is 16.8 Å². The van der Waals surface area contributed by atoms with Gasteiger partial charge < -0.3 is 19.6 Å². The molecule has 0 atom stereocenters. The van der Waals surface area contributed by atoms with Crippen LogP contribution in [-0.4, -0.2) is 28.2 Å². The molecule has 31 heavy (non-hydrogen) atoms. The Bertz CT molecular complexity index is 1300. The van der Waals surface area contributed by atoms with Crippen LogP contribution in [0.15, 0.2) is 65.1 Å². The average molecular weight is 433 g/mol. The van der Waals surface area contributed by atoms with Gasteiger partial charge in [-0.3, -0.25) is 10.1 Å². The van der Waals surface area contributed by atoms with Gasteiger partial charge in [-0.1, -0.05) is 12.1 Å². The number of aryl methyl sites for hydroxylation is 1. The maximum Gasteiger partial charge on any atom is 0.257 e. The van der Waals surface area contributed by atoms with Crippen LogP contribution in [0.1, 0.15) is 15.9 Å². The van der Waals surface area contributed by atoms with E-state index in [1.807, 2.05) is 25.1 Å². The quantitative estimate of drug-likeness (QED) is 0.403. The first-order valence-corrected chi connectivity index (χ1v) is 9.81. The number of phenols is 1. The lowest BCUT2D eigenvalue weighted by Crippen LogP contribution is -2.34. The Morgan fingerprint density at radius 1 is 1.13 bits per heavy atom. The fourth-order valence-corrected chi connectivity index (χ4v) is 3.25. The van der Waals surface area contributed by atoms with E-state index in [1.165, 1.54) is 13.2 Å². The highest BCUT2D eigenvalue weighted by molar-refractivity contribution is 7.80. The maximum absolute atomic E-state index is 12.4. The summed E-state index contributed by atoms with van der Waals surface area (Å²) in [5.41, 5.74) is 3.79. The van der Waals surface area contributed by atoms with Gasteiger partial charge in [0, 0.05) is 17.3 Å². The number of anilines is 1. The van der Waals surface area contributed by atoms with Gasteiger partial charge >= 0.3 is 0 Å². The molecule has 4 aromatic rings. The second-order valence-electron chi connectivity index (χ2n) is 6.86. The minimum Gasteiger partial charge on any atom is -0.507 e. The summed E-state index contributed by atoms with van der Waals surface area (Å²) in [6, 6.07) is 17.3. The topological polar surface area (TPSA) is 96.6 Å². The molecule has 0 bridgehead atoms. The zero-order chi connectivity index (χ0) is 22.0. The number of phenolic OH excluding ortho intramolecular Hbond substituents is 1. The number of nitrogens with zero attached hydrogens (tertiary/aromatic N) is 1. The van der Waals surface area contributed by atoms with Gasteiger partial charge in [-0.2, -0.15) is 0 Å². The first-order valence-electron chi connectivity index (χ1n) is 9.40. The van der Waals surface area contributed by atoms with E-state index in [9.17, 15) is 9.90 Å². The number of aromatic hydroxyl groups is 1. The van der Waals surface area contributed by atoms with Gasteiger partial charge in [0.1, 0.15) is 17.0 Å². The van der Waals surface area contributed by atoms with E-state index in [0.29, 0.717) is 39.6 Å². The fraction of sp³-hybridized carbons (Fsp3) is 0.0870. The van der Waals surface area contributed by atoms with Crippen LogP contribution in [0.4, 0.5) is 5.69 Å². The van der Waals surface area contributed by atoms with Crippen molar-refractivity contribution in [3.05, 3.63) is 71.8 Å². The molecule has 0 unspecified atom stereocenters. The third kappa shape index (κ3) is 4.49. The first-order chi connectivity index (χ1) is 14.9. The van der Waals surface area contributed by atoms with E-state index in [4.69, 9.17) is 21.4 Å². The summed E-state index contributed by atoms with van der Waals surface area (Å²) in [6.45, 7) is 1.97. The lowest BCUT2D eigenvalue weighted by Gasteiger charge is -2.11. The summed E-state index contributed by atoms with van der Waals surface area (Å²) in [5.74, 6) is 0.481. The number of benzene rings is 3. The van der Waals surface area contributed by atoms with Crippen molar-refractivity contribution in [2.75, 3.05) is 12.4 Å². The SMILES string of the molecule is COc1cccc(C(=O)NC(=S)Nc2ccc(-c3nc4ccc(C)cc4o3)c(O)c2)c1. The number of nitrogens with one attached hydrogen (secondary N) is 2. The number of methoxy groups -OCH3 is 1. The van der Waals surface area contributed by atoms with Crippen molar-refractivity contribution in [3.8, 4) is 23.0 Å². The van der Waals surface area contributed by atoms with Crippen LogP contribution < -0.4 is 15.4 Å². The second-order valence-corrected chi connectivity index (χ2v) is 7.27. The molecule has 1 heterocycles. The highest BCUT2D eigenvalue weighted by atomic mass is 32.1. The Morgan fingerprint density at radius 3 is 2.74 bits per heavy atom. The number of oxazole rings is 1. The number of hydrogen-bond acceptors (Lipinski definition) is 6. The fourth-order valence-electron chi connectivity index (χ4n) is 3.04. The van der Waals surface area contributed by atoms with Gasteiger partial charge in [-0.05, 0) is 67.2 Å². The van der Waals surface area contributed by atoms with Crippen LogP contribution in [0.25, 0.3) is 22.6 Å². The maximum atomic E-state index is 12.4. The lowest BCUT2D eigenvalue weighted by molar-refractivity contribution is 0.0977. The molecule has 1 amide bonds. The molecule has 0 radical (unpaired) electrons. The molecule has 0 saturated heterocycles. The van der Waals surface area contributed by atoms with Crippen LogP contribution in [0.3, 0.4) is 0 Å². The number of thiocarbonyl (C=S) groups is 1. The Hall–Kier alpha value is -3.91. The predicted octanol–water partition coefficient (Wildman–Crippen LogP) is 4.64. The molecule has 0 fully saturated rings. The molecule has 0 aliphatic heterocycles. The Balaban J connectivity index is 1.47. The zero-order valence-corrected chi connectivity index (χ0v) is 17.6. The minimum absolute atomic E-state index is 0.0322. The van der Waals surface area contributed by atoms with Crippen molar-refractivity contribution >= 4 is 40.0 Å². The van der Waals surface area contributed by atoms with Gasteiger partial charge in [-0.25, -0.2) is 4.98 Å². The van der Waals surface area contributed by atoms with Gasteiger partial charge in [0.2, 0.25) is 5.89 Å². The number of carbonyl (C=O) groups excluding carboxylic acids is 1. The third-order valence-electron chi connectivity index (χ3n) is 4.59. The predicted molar refractivity (Wildman–Crippen MR) is 123 cm³/mol. The van der Waals surface area contributed by atoms with Crippen LogP contribution in [0.2, 0.25) is 0 Å². The number of hydrogen-bond donors (Lipinski definition) is 3. The van der Waals surface area contributed by atoms with Crippen LogP contribution in [0.5, 0.6) is 11.5 Å². The molecule has 3 N–H and O–H groups in total. The summed E-state index contributed by atoms with van der Waals surface area (Å²) < 4.78 is 10.9. The molecule has 3 aromatic carbocycles. The van der Waals surface area contributed by atoms with E-state index in [2.05, 4.69) is 15.6 Å². The summed E-state index contributed by atoms with van der Waals surface area (Å²) in [7, 11) is 1.53. The molecule has 0 aliphatic carbocycles. The highest BCUT2D eigenvalue weighted by Gasteiger charge is 2.14. The molecule has 0 saturated carbocycles. The lowest BCUT2D eigenvalue weighted by atomic mass is 10.2. The monoisotopic (exact) mass is 433 g/mol. The molecule has 156 valence electrons. The largest absolute Gasteiger partial charge is 0.507 e. The average Bonchev–Trinajstić information content (AvgIpc) is 3.16. The van der Waals surface area contributed by atoms with Gasteiger partial charge in [0.05, 0.1) is 12.7 Å². The van der Waals surface area contributed by atoms with Crippen molar-refractivity contribution in [3.63, 3.8) is 0 Å². The van der Waals surface area contributed by atoms with Gasteiger partial charge in [0.25, 0.3) is 5.91 Å². The van der Waals surface area contributed by atoms with Crippen LogP contribution >= 0.6 is 12.2 Å². The van der Waals surface area contributed by atoms with Crippen LogP contribution in [-0.2, 0) is 0 Å². The summed E-state index contributed by atoms with van der Waals surface area (Å²) in [4.78, 5) is 16.8. The zero-order valence-electron chi connectivity index (χ0n) is 16.8. The van der Waals surface area contributed by atoms with Crippen molar-refractivity contribution in [1.82, 2.24) is 10.3 Å².